The third-order valence-corrected chi connectivity index (χ3v) is 3.13. The molecule has 0 spiro atoms. The van der Waals surface area contributed by atoms with E-state index in [1.165, 1.54) is 5.56 Å². The molecule has 0 atom stereocenters. The van der Waals surface area contributed by atoms with Gasteiger partial charge in [-0.1, -0.05) is 11.6 Å². The van der Waals surface area contributed by atoms with E-state index >= 15 is 0 Å². The van der Waals surface area contributed by atoms with E-state index < -0.39 is 0 Å². The Balaban J connectivity index is 2.32. The maximum absolute atomic E-state index is 12.1. The van der Waals surface area contributed by atoms with Crippen LogP contribution in [0.15, 0.2) is 18.2 Å². The van der Waals surface area contributed by atoms with Crippen LogP contribution in [-0.4, -0.2) is 16.4 Å². The van der Waals surface area contributed by atoms with Gasteiger partial charge in [-0.15, -0.1) is 0 Å². The third-order valence-electron chi connectivity index (χ3n) is 3.13. The molecular formula is C16H22N2O. The van der Waals surface area contributed by atoms with E-state index in [2.05, 4.69) is 35.4 Å². The Labute approximate surface area is 114 Å². The molecule has 0 bridgehead atoms. The van der Waals surface area contributed by atoms with Crippen molar-refractivity contribution in [2.45, 2.75) is 46.6 Å². The van der Waals surface area contributed by atoms with Crippen LogP contribution in [0.1, 0.15) is 37.6 Å². The Bertz CT molecular complexity index is 617. The Morgan fingerprint density at radius 1 is 1.26 bits per heavy atom. The fourth-order valence-corrected chi connectivity index (χ4v) is 2.35. The van der Waals surface area contributed by atoms with Crippen LogP contribution in [0.4, 0.5) is 0 Å². The number of benzene rings is 1. The topological polar surface area (TPSA) is 44.9 Å². The van der Waals surface area contributed by atoms with E-state index in [9.17, 15) is 4.79 Å². The number of rotatable bonds is 2. The number of hydrogen-bond donors (Lipinski definition) is 2. The summed E-state index contributed by atoms with van der Waals surface area (Å²) in [7, 11) is 0. The first kappa shape index (κ1) is 13.7. The van der Waals surface area contributed by atoms with Gasteiger partial charge in [0.05, 0.1) is 6.42 Å². The minimum atomic E-state index is -0.187. The normalized spacial score (nSPS) is 11.8. The molecule has 0 fully saturated rings. The third kappa shape index (κ3) is 3.16. The summed E-state index contributed by atoms with van der Waals surface area (Å²) in [5, 5.41) is 4.17. The van der Waals surface area contributed by atoms with Gasteiger partial charge in [0, 0.05) is 22.1 Å². The maximum atomic E-state index is 12.1. The molecule has 1 amide bonds. The van der Waals surface area contributed by atoms with Gasteiger partial charge in [-0.25, -0.2) is 0 Å². The smallest absolute Gasteiger partial charge is 0.224 e. The van der Waals surface area contributed by atoms with Crippen LogP contribution in [0.5, 0.6) is 0 Å². The molecule has 3 heteroatoms. The summed E-state index contributed by atoms with van der Waals surface area (Å²) >= 11 is 0. The van der Waals surface area contributed by atoms with Gasteiger partial charge in [-0.3, -0.25) is 4.79 Å². The number of carbonyl (C=O) groups excluding carboxylic acids is 1. The largest absolute Gasteiger partial charge is 0.358 e. The highest BCUT2D eigenvalue weighted by Gasteiger charge is 2.17. The van der Waals surface area contributed by atoms with Gasteiger partial charge in [0.1, 0.15) is 0 Å². The van der Waals surface area contributed by atoms with Gasteiger partial charge in [0.2, 0.25) is 5.91 Å². The molecule has 3 nitrogen and oxygen atoms in total. The number of H-pyrrole nitrogens is 1. The predicted octanol–water partition coefficient (Wildman–Crippen LogP) is 3.24. The first-order valence-electron chi connectivity index (χ1n) is 6.65. The van der Waals surface area contributed by atoms with Crippen LogP contribution in [0.2, 0.25) is 0 Å². The average molecular weight is 258 g/mol. The lowest BCUT2D eigenvalue weighted by molar-refractivity contribution is -0.121. The molecule has 0 saturated heterocycles. The highest BCUT2D eigenvalue weighted by molar-refractivity contribution is 5.90. The SMILES string of the molecule is Cc1ccc2[nH]c(C)c(CC(=O)NC(C)(C)C)c2c1. The number of nitrogens with one attached hydrogen (secondary N) is 2. The zero-order valence-electron chi connectivity index (χ0n) is 12.3. The van der Waals surface area contributed by atoms with Crippen molar-refractivity contribution in [1.29, 1.82) is 0 Å². The van der Waals surface area contributed by atoms with Crippen molar-refractivity contribution in [3.63, 3.8) is 0 Å². The zero-order chi connectivity index (χ0) is 14.2. The fraction of sp³-hybridized carbons (Fsp3) is 0.438. The molecule has 2 N–H and O–H groups in total. The molecule has 1 aromatic heterocycles. The van der Waals surface area contributed by atoms with E-state index in [0.29, 0.717) is 6.42 Å². The standard InChI is InChI=1S/C16H22N2O/c1-10-6-7-14-13(8-10)12(11(2)17-14)9-15(19)18-16(3,4)5/h6-8,17H,9H2,1-5H3,(H,18,19). The second kappa shape index (κ2) is 4.72. The number of carbonyl (C=O) groups is 1. The van der Waals surface area contributed by atoms with Gasteiger partial charge in [0.25, 0.3) is 0 Å². The average Bonchev–Trinajstić information content (AvgIpc) is 2.53. The van der Waals surface area contributed by atoms with Crippen molar-refractivity contribution in [2.75, 3.05) is 0 Å². The van der Waals surface area contributed by atoms with E-state index in [1.54, 1.807) is 0 Å². The molecule has 1 aromatic carbocycles. The molecule has 0 radical (unpaired) electrons. The number of amides is 1. The number of aromatic amines is 1. The van der Waals surface area contributed by atoms with Crippen LogP contribution in [0.25, 0.3) is 10.9 Å². The summed E-state index contributed by atoms with van der Waals surface area (Å²) in [5.74, 6) is 0.0676. The quantitative estimate of drug-likeness (QED) is 0.853. The van der Waals surface area contributed by atoms with Gasteiger partial charge >= 0.3 is 0 Å². The maximum Gasteiger partial charge on any atom is 0.224 e. The van der Waals surface area contributed by atoms with Crippen molar-refractivity contribution >= 4 is 16.8 Å². The second-order valence-electron chi connectivity index (χ2n) is 6.25. The summed E-state index contributed by atoms with van der Waals surface area (Å²) in [5.41, 5.74) is 4.29. The van der Waals surface area contributed by atoms with Crippen LogP contribution in [0, 0.1) is 13.8 Å². The lowest BCUT2D eigenvalue weighted by atomic mass is 10.0. The fourth-order valence-electron chi connectivity index (χ4n) is 2.35. The van der Waals surface area contributed by atoms with E-state index in [1.807, 2.05) is 27.7 Å². The van der Waals surface area contributed by atoms with Crippen LogP contribution in [0.3, 0.4) is 0 Å². The number of aryl methyl sites for hydroxylation is 2. The highest BCUT2D eigenvalue weighted by atomic mass is 16.1. The van der Waals surface area contributed by atoms with Gasteiger partial charge in [0.15, 0.2) is 0 Å². The number of fused-ring (bicyclic) bond motifs is 1. The molecule has 19 heavy (non-hydrogen) atoms. The molecular weight excluding hydrogens is 236 g/mol. The van der Waals surface area contributed by atoms with Crippen molar-refractivity contribution in [3.05, 3.63) is 35.0 Å². The summed E-state index contributed by atoms with van der Waals surface area (Å²) < 4.78 is 0. The van der Waals surface area contributed by atoms with Crippen molar-refractivity contribution < 1.29 is 4.79 Å². The molecule has 2 aromatic rings. The number of hydrogen-bond acceptors (Lipinski definition) is 1. The first-order valence-corrected chi connectivity index (χ1v) is 6.65. The minimum Gasteiger partial charge on any atom is -0.358 e. The summed E-state index contributed by atoms with van der Waals surface area (Å²) in [6.07, 6.45) is 0.423. The molecule has 0 aliphatic carbocycles. The molecule has 0 aliphatic heterocycles. The Kier molecular flexibility index (Phi) is 3.40. The lowest BCUT2D eigenvalue weighted by Gasteiger charge is -2.20. The summed E-state index contributed by atoms with van der Waals surface area (Å²) in [6.45, 7) is 10.1. The van der Waals surface area contributed by atoms with Gasteiger partial charge < -0.3 is 10.3 Å². The van der Waals surface area contributed by atoms with Gasteiger partial charge in [-0.05, 0) is 52.3 Å². The molecule has 0 unspecified atom stereocenters. The van der Waals surface area contributed by atoms with E-state index in [-0.39, 0.29) is 11.4 Å². The van der Waals surface area contributed by atoms with E-state index in [4.69, 9.17) is 0 Å². The van der Waals surface area contributed by atoms with Gasteiger partial charge in [-0.2, -0.15) is 0 Å². The monoisotopic (exact) mass is 258 g/mol. The summed E-state index contributed by atoms with van der Waals surface area (Å²) in [4.78, 5) is 15.4. The minimum absolute atomic E-state index is 0.0676. The first-order chi connectivity index (χ1) is 8.76. The Morgan fingerprint density at radius 3 is 2.58 bits per heavy atom. The van der Waals surface area contributed by atoms with Crippen LogP contribution >= 0.6 is 0 Å². The number of aromatic nitrogens is 1. The zero-order valence-corrected chi connectivity index (χ0v) is 12.3. The molecule has 0 saturated carbocycles. The lowest BCUT2D eigenvalue weighted by Crippen LogP contribution is -2.41. The highest BCUT2D eigenvalue weighted by Crippen LogP contribution is 2.23. The molecule has 1 heterocycles. The van der Waals surface area contributed by atoms with Crippen molar-refractivity contribution in [3.8, 4) is 0 Å². The Hall–Kier alpha value is -1.77. The van der Waals surface area contributed by atoms with E-state index in [0.717, 1.165) is 22.2 Å². The van der Waals surface area contributed by atoms with Crippen LogP contribution < -0.4 is 5.32 Å². The molecule has 2 rings (SSSR count). The van der Waals surface area contributed by atoms with Crippen molar-refractivity contribution in [1.82, 2.24) is 10.3 Å². The molecule has 102 valence electrons. The Morgan fingerprint density at radius 2 is 1.95 bits per heavy atom. The summed E-state index contributed by atoms with van der Waals surface area (Å²) in [6, 6.07) is 6.29. The van der Waals surface area contributed by atoms with Crippen molar-refractivity contribution in [2.24, 2.45) is 0 Å². The molecule has 0 aliphatic rings. The second-order valence-corrected chi connectivity index (χ2v) is 6.25. The van der Waals surface area contributed by atoms with Crippen LogP contribution in [-0.2, 0) is 11.2 Å². The predicted molar refractivity (Wildman–Crippen MR) is 79.4 cm³/mol.